The summed E-state index contributed by atoms with van der Waals surface area (Å²) in [6.07, 6.45) is 0. The molecule has 0 spiro atoms. The van der Waals surface area contributed by atoms with E-state index in [-0.39, 0.29) is 11.7 Å². The van der Waals surface area contributed by atoms with Crippen LogP contribution >= 0.6 is 70.2 Å². The van der Waals surface area contributed by atoms with Crippen molar-refractivity contribution in [2.24, 2.45) is 5.92 Å². The smallest absolute Gasteiger partial charge is 0.231 e. The number of hydrogen-bond acceptors (Lipinski definition) is 2. The summed E-state index contributed by atoms with van der Waals surface area (Å²) in [6.45, 7) is 0. The third-order valence-corrected chi connectivity index (χ3v) is 7.19. The first-order valence-corrected chi connectivity index (χ1v) is 11.9. The zero-order chi connectivity index (χ0) is 23.9. The molecule has 10 heteroatoms. The first kappa shape index (κ1) is 24.5. The van der Waals surface area contributed by atoms with Crippen LogP contribution in [0.4, 0.5) is 15.8 Å². The standard InChI is InChI=1S/C23H14Cl5FN2OS/c24-12-7-11(8-13(25)9-12)19-20(23(19,27)28)21(32)30-16-5-6-18(26)17(10-16)22(33)31-15-3-1-14(29)2-4-15/h1-10,19-20H,(H,30,32)(H,31,33)/t19-,20+/m0/s1. The minimum absolute atomic E-state index is 0.310. The summed E-state index contributed by atoms with van der Waals surface area (Å²) in [5.74, 6) is -1.90. The van der Waals surface area contributed by atoms with Crippen LogP contribution in [-0.2, 0) is 4.79 Å². The van der Waals surface area contributed by atoms with Gasteiger partial charge in [-0.1, -0.05) is 47.0 Å². The number of benzene rings is 3. The Morgan fingerprint density at radius 3 is 2.12 bits per heavy atom. The van der Waals surface area contributed by atoms with Gasteiger partial charge in [-0.3, -0.25) is 4.79 Å². The molecule has 0 aliphatic heterocycles. The van der Waals surface area contributed by atoms with Crippen molar-refractivity contribution in [2.75, 3.05) is 10.6 Å². The summed E-state index contributed by atoms with van der Waals surface area (Å²) in [6, 6.07) is 15.6. The number of halogens is 6. The Hall–Kier alpha value is -1.60. The number of thiocarbonyl (C=S) groups is 1. The second kappa shape index (κ2) is 9.57. The van der Waals surface area contributed by atoms with Gasteiger partial charge in [-0.05, 0) is 66.2 Å². The zero-order valence-corrected chi connectivity index (χ0v) is 21.1. The van der Waals surface area contributed by atoms with Crippen LogP contribution in [0.1, 0.15) is 17.0 Å². The van der Waals surface area contributed by atoms with Gasteiger partial charge >= 0.3 is 0 Å². The van der Waals surface area contributed by atoms with Crippen molar-refractivity contribution in [3.63, 3.8) is 0 Å². The molecule has 0 bridgehead atoms. The van der Waals surface area contributed by atoms with Gasteiger partial charge in [0.05, 0.1) is 10.9 Å². The number of carbonyl (C=O) groups excluding carboxylic acids is 1. The maximum Gasteiger partial charge on any atom is 0.231 e. The molecule has 1 aliphatic rings. The number of anilines is 2. The minimum atomic E-state index is -1.30. The molecule has 3 aromatic carbocycles. The van der Waals surface area contributed by atoms with Gasteiger partial charge in [0.1, 0.15) is 15.1 Å². The SMILES string of the molecule is O=C(Nc1ccc(Cl)c(C(=S)Nc2ccc(F)cc2)c1)[C@H]1[C@H](c2cc(Cl)cc(Cl)c2)C1(Cl)Cl. The zero-order valence-electron chi connectivity index (χ0n) is 16.5. The van der Waals surface area contributed by atoms with E-state index in [1.54, 1.807) is 48.5 Å². The van der Waals surface area contributed by atoms with Gasteiger partial charge in [0.25, 0.3) is 0 Å². The van der Waals surface area contributed by atoms with Crippen molar-refractivity contribution in [1.29, 1.82) is 0 Å². The quantitative estimate of drug-likeness (QED) is 0.244. The summed E-state index contributed by atoms with van der Waals surface area (Å²) < 4.78 is 11.8. The highest BCUT2D eigenvalue weighted by atomic mass is 35.5. The Kier molecular flexibility index (Phi) is 7.11. The summed E-state index contributed by atoms with van der Waals surface area (Å²) in [5, 5.41) is 7.05. The second-order valence-electron chi connectivity index (χ2n) is 7.48. The van der Waals surface area contributed by atoms with Gasteiger partial charge in [-0.15, -0.1) is 23.2 Å². The van der Waals surface area contributed by atoms with Crippen LogP contribution in [0.15, 0.2) is 60.7 Å². The molecule has 1 amide bonds. The van der Waals surface area contributed by atoms with Crippen LogP contribution < -0.4 is 10.6 Å². The monoisotopic (exact) mass is 560 g/mol. The second-order valence-corrected chi connectivity index (χ2v) is 10.6. The third kappa shape index (κ3) is 5.40. The lowest BCUT2D eigenvalue weighted by atomic mass is 10.1. The third-order valence-electron chi connectivity index (χ3n) is 5.16. The normalized spacial score (nSPS) is 18.5. The Labute approximate surface area is 220 Å². The van der Waals surface area contributed by atoms with E-state index >= 15 is 0 Å². The van der Waals surface area contributed by atoms with Crippen LogP contribution in [-0.4, -0.2) is 15.2 Å². The molecular formula is C23H14Cl5FN2OS. The van der Waals surface area contributed by atoms with Crippen LogP contribution in [0.3, 0.4) is 0 Å². The van der Waals surface area contributed by atoms with E-state index < -0.39 is 16.2 Å². The molecule has 2 atom stereocenters. The molecule has 0 radical (unpaired) electrons. The Balaban J connectivity index is 1.50. The first-order valence-electron chi connectivity index (χ1n) is 9.57. The largest absolute Gasteiger partial charge is 0.346 e. The van der Waals surface area contributed by atoms with Gasteiger partial charge in [0, 0.05) is 32.9 Å². The van der Waals surface area contributed by atoms with Gasteiger partial charge < -0.3 is 10.6 Å². The van der Waals surface area contributed by atoms with Crippen molar-refractivity contribution < 1.29 is 9.18 Å². The predicted octanol–water partition coefficient (Wildman–Crippen LogP) is 8.10. The Bertz CT molecular complexity index is 1230. The van der Waals surface area contributed by atoms with Crippen LogP contribution in [0.5, 0.6) is 0 Å². The molecule has 0 heterocycles. The molecule has 0 aromatic heterocycles. The number of carbonyl (C=O) groups is 1. The van der Waals surface area contributed by atoms with Crippen molar-refractivity contribution in [1.82, 2.24) is 0 Å². The lowest BCUT2D eigenvalue weighted by Crippen LogP contribution is -2.18. The summed E-state index contributed by atoms with van der Waals surface area (Å²) in [4.78, 5) is 13.3. The fourth-order valence-electron chi connectivity index (χ4n) is 3.55. The molecule has 1 aliphatic carbocycles. The van der Waals surface area contributed by atoms with Crippen LogP contribution in [0.25, 0.3) is 0 Å². The van der Waals surface area contributed by atoms with E-state index in [0.29, 0.717) is 42.6 Å². The highest BCUT2D eigenvalue weighted by Gasteiger charge is 2.67. The highest BCUT2D eigenvalue weighted by molar-refractivity contribution is 7.81. The van der Waals surface area contributed by atoms with E-state index in [9.17, 15) is 9.18 Å². The van der Waals surface area contributed by atoms with E-state index in [1.165, 1.54) is 12.1 Å². The number of hydrogen-bond donors (Lipinski definition) is 2. The Morgan fingerprint density at radius 1 is 0.879 bits per heavy atom. The van der Waals surface area contributed by atoms with Crippen LogP contribution in [0, 0.1) is 11.7 Å². The molecule has 2 N–H and O–H groups in total. The van der Waals surface area contributed by atoms with Gasteiger partial charge in [0.15, 0.2) is 0 Å². The maximum absolute atomic E-state index is 13.1. The number of rotatable bonds is 5. The Morgan fingerprint density at radius 2 is 1.48 bits per heavy atom. The fraction of sp³-hybridized carbons (Fsp3) is 0.130. The van der Waals surface area contributed by atoms with E-state index in [2.05, 4.69) is 10.6 Å². The molecule has 1 saturated carbocycles. The van der Waals surface area contributed by atoms with Crippen molar-refractivity contribution in [3.8, 4) is 0 Å². The predicted molar refractivity (Wildman–Crippen MR) is 139 cm³/mol. The minimum Gasteiger partial charge on any atom is -0.346 e. The molecule has 170 valence electrons. The lowest BCUT2D eigenvalue weighted by Gasteiger charge is -2.12. The number of alkyl halides is 2. The van der Waals surface area contributed by atoms with E-state index in [0.717, 1.165) is 0 Å². The summed E-state index contributed by atoms with van der Waals surface area (Å²) >= 11 is 36.7. The topological polar surface area (TPSA) is 41.1 Å². The summed E-state index contributed by atoms with van der Waals surface area (Å²) in [7, 11) is 0. The average molecular weight is 563 g/mol. The van der Waals surface area contributed by atoms with E-state index in [4.69, 9.17) is 70.2 Å². The van der Waals surface area contributed by atoms with Crippen LogP contribution in [0.2, 0.25) is 15.1 Å². The molecule has 0 saturated heterocycles. The van der Waals surface area contributed by atoms with Crippen molar-refractivity contribution >= 4 is 92.5 Å². The van der Waals surface area contributed by atoms with Crippen molar-refractivity contribution in [2.45, 2.75) is 10.3 Å². The molecule has 1 fully saturated rings. The first-order chi connectivity index (χ1) is 15.6. The molecule has 33 heavy (non-hydrogen) atoms. The lowest BCUT2D eigenvalue weighted by molar-refractivity contribution is -0.117. The molecular weight excluding hydrogens is 549 g/mol. The van der Waals surface area contributed by atoms with Crippen molar-refractivity contribution in [3.05, 3.63) is 92.7 Å². The summed E-state index contributed by atoms with van der Waals surface area (Å²) in [5.41, 5.74) is 2.23. The number of amides is 1. The maximum atomic E-state index is 13.1. The average Bonchev–Trinajstić information content (AvgIpc) is 3.32. The van der Waals surface area contributed by atoms with E-state index in [1.807, 2.05) is 0 Å². The highest BCUT2D eigenvalue weighted by Crippen LogP contribution is 2.65. The van der Waals surface area contributed by atoms with Gasteiger partial charge in [-0.2, -0.15) is 0 Å². The fourth-order valence-corrected chi connectivity index (χ4v) is 5.48. The molecule has 3 aromatic rings. The number of nitrogens with one attached hydrogen (secondary N) is 2. The molecule has 0 unspecified atom stereocenters. The molecule has 4 rings (SSSR count). The van der Waals surface area contributed by atoms with Gasteiger partial charge in [0.2, 0.25) is 5.91 Å². The molecule has 3 nitrogen and oxygen atoms in total. The van der Waals surface area contributed by atoms with Gasteiger partial charge in [-0.25, -0.2) is 4.39 Å².